The van der Waals surface area contributed by atoms with Crippen LogP contribution in [0.5, 0.6) is 11.5 Å². The lowest BCUT2D eigenvalue weighted by Gasteiger charge is -2.34. The van der Waals surface area contributed by atoms with Gasteiger partial charge in [-0.25, -0.2) is 0 Å². The van der Waals surface area contributed by atoms with Crippen molar-refractivity contribution < 1.29 is 87.2 Å². The molecule has 117 heavy (non-hydrogen) atoms. The number of hydrogen-bond donors (Lipinski definition) is 11. The first kappa shape index (κ1) is 92.4. The molecule has 1 aliphatic rings. The Labute approximate surface area is 685 Å². The number of carbonyl (C=O) groups excluding carboxylic acids is 14. The zero-order valence-corrected chi connectivity index (χ0v) is 68.5. The molecule has 0 aliphatic carbocycles. The van der Waals surface area contributed by atoms with Gasteiger partial charge in [0.25, 0.3) is 0 Å². The molecule has 628 valence electrons. The highest BCUT2D eigenvalue weighted by atomic mass is 32.2. The van der Waals surface area contributed by atoms with Gasteiger partial charge in [-0.3, -0.25) is 71.9 Å². The van der Waals surface area contributed by atoms with Crippen LogP contribution in [0.15, 0.2) is 140 Å². The Balaban J connectivity index is 1.32. The molecule has 0 spiro atoms. The Morgan fingerprint density at radius 2 is 1.03 bits per heavy atom. The van der Waals surface area contributed by atoms with Crippen LogP contribution in [0.25, 0.3) is 10.9 Å². The third kappa shape index (κ3) is 28.6. The van der Waals surface area contributed by atoms with Crippen LogP contribution in [-0.4, -0.2) is 229 Å². The quantitative estimate of drug-likeness (QED) is 0.0440. The van der Waals surface area contributed by atoms with Gasteiger partial charge in [-0.1, -0.05) is 151 Å². The smallest absolute Gasteiger partial charge is 0.304 e. The van der Waals surface area contributed by atoms with Crippen molar-refractivity contribution >= 4 is 111 Å². The number of likely N-dealkylation sites (N-methyl/N-ethyl adjacent to an activating group) is 4. The third-order valence-electron chi connectivity index (χ3n) is 20.6. The van der Waals surface area contributed by atoms with E-state index in [9.17, 15) is 63.3 Å². The molecular weight excluding hydrogens is 1520 g/mol. The number of para-hydroxylation sites is 1. The second-order valence-corrected chi connectivity index (χ2v) is 31.8. The van der Waals surface area contributed by atoms with Crippen molar-refractivity contribution in [3.05, 3.63) is 167 Å². The lowest BCUT2D eigenvalue weighted by molar-refractivity contribution is -0.147. The molecule has 0 radical (unpaired) electrons. The first-order valence-electron chi connectivity index (χ1n) is 39.3. The van der Waals surface area contributed by atoms with E-state index in [1.807, 2.05) is 6.92 Å². The van der Waals surface area contributed by atoms with Gasteiger partial charge in [0.15, 0.2) is 11.6 Å². The second kappa shape index (κ2) is 44.9. The van der Waals surface area contributed by atoms with Crippen LogP contribution in [-0.2, 0) is 104 Å². The van der Waals surface area contributed by atoms with Gasteiger partial charge in [0.1, 0.15) is 59.6 Å². The normalized spacial score (nSPS) is 22.1. The number of hydrogen-bond acceptors (Lipinski definition) is 18. The minimum Gasteiger partial charge on any atom is -0.508 e. The maximum atomic E-state index is 15.3. The van der Waals surface area contributed by atoms with Gasteiger partial charge in [-0.05, 0) is 82.8 Å². The predicted molar refractivity (Wildman–Crippen MR) is 439 cm³/mol. The molecule has 7 rings (SSSR count). The molecule has 0 saturated carbocycles. The molecule has 5 aromatic carbocycles. The van der Waals surface area contributed by atoms with Crippen molar-refractivity contribution in [3.63, 3.8) is 0 Å². The Morgan fingerprint density at radius 1 is 0.521 bits per heavy atom. The number of nitrogens with zero attached hydrogens (tertiary/aromatic N) is 4. The minimum absolute atomic E-state index is 0.0500. The highest BCUT2D eigenvalue weighted by Gasteiger charge is 2.41. The van der Waals surface area contributed by atoms with Gasteiger partial charge in [-0.15, -0.1) is 11.8 Å². The molecule has 10 atom stereocenters. The molecule has 12 N–H and O–H groups in total. The number of carboxylic acid groups (broad SMARTS) is 1. The van der Waals surface area contributed by atoms with Crippen molar-refractivity contribution in [3.8, 4) is 11.5 Å². The fraction of sp³-hybridized carbons (Fsp3) is 0.453. The van der Waals surface area contributed by atoms with Crippen molar-refractivity contribution in [2.75, 3.05) is 52.8 Å². The number of Topliss-reactive ketones (excluding diaryl/α,β-unsaturated/α-hetero) is 3. The number of ketones is 3. The fourth-order valence-electron chi connectivity index (χ4n) is 14.0. The summed E-state index contributed by atoms with van der Waals surface area (Å²) in [5.41, 5.74) is 8.72. The van der Waals surface area contributed by atoms with Crippen LogP contribution < -0.4 is 37.6 Å². The molecule has 11 amide bonds. The van der Waals surface area contributed by atoms with Gasteiger partial charge in [0, 0.05) is 121 Å². The standard InChI is InChI=1S/C86H110N12O18S/c1-10-11-26-71-86(116)95(6)47-61(101)42-57(44-78(107)108)74(103)45-63(52(4)5)83(113)98(9)72(41-54-22-16-13-17-23-54)82(112)93-68(40-56-29-33-60(100)34-30-56)84(114)96(7)48-76(105)89-67(43-58-46-88-64-25-19-18-24-62(58)64)81(111)92-66(38-55-27-31-59(99)32-28-55)80(110)91-65(37-51(2)3)79(109)94-70(73(102)35-36-75(87)104)49-117-50-77(106)90-69(85(115)97(71)8)39-53-20-14-12-15-21-53/h12-25,27-34,46,51-52,57,63,65-72,88,99-100H,10-11,26,35-45,47-50H2,1-9H3,(H2,87,104)(H,89,105)(H,90,106)(H,91,110)(H,92,111)(H,93,112)(H,94,109)(H,107,108)/t57-,63-,65-,66-,67-,68-,69-,70-,71-,72-/m0/s1. The number of thioether (sulfide) groups is 1. The molecular formula is C86H110N12O18S. The third-order valence-corrected chi connectivity index (χ3v) is 21.6. The number of phenols is 2. The summed E-state index contributed by atoms with van der Waals surface area (Å²) in [5.74, 6) is -17.3. The van der Waals surface area contributed by atoms with Crippen molar-refractivity contribution in [1.29, 1.82) is 0 Å². The van der Waals surface area contributed by atoms with Crippen LogP contribution in [0.1, 0.15) is 120 Å². The minimum atomic E-state index is -1.56. The zero-order valence-electron chi connectivity index (χ0n) is 67.7. The summed E-state index contributed by atoms with van der Waals surface area (Å²) in [5, 5.41) is 48.2. The molecule has 1 fully saturated rings. The lowest BCUT2D eigenvalue weighted by Crippen LogP contribution is -2.59. The Morgan fingerprint density at radius 3 is 1.60 bits per heavy atom. The molecule has 0 unspecified atom stereocenters. The Kier molecular flexibility index (Phi) is 35.5. The molecule has 31 heteroatoms. The average Bonchev–Trinajstić information content (AvgIpc) is 1.51. The predicted octanol–water partition coefficient (Wildman–Crippen LogP) is 4.67. The van der Waals surface area contributed by atoms with Crippen LogP contribution in [0.3, 0.4) is 0 Å². The van der Waals surface area contributed by atoms with Gasteiger partial charge >= 0.3 is 5.97 Å². The number of aromatic amines is 1. The number of nitrogens with two attached hydrogens (primary N) is 1. The Bertz CT molecular complexity index is 4470. The zero-order chi connectivity index (χ0) is 85.7. The SMILES string of the molecule is CCCC[C@H]1C(=O)N(C)CC(=O)C[C@@H](CC(=O)O)C(=O)C[C@@H](C(C)C)C(=O)N(C)[C@@H](Cc2ccccc2)C(=O)N[C@@H](Cc2ccc(O)cc2)C(=O)N(C)CC(=O)N[C@@H](Cc2c[nH]c3ccccc23)C(=O)N[C@@H](Cc2ccc(O)cc2)C(=O)N[C@@H](CC(C)C)C(=O)N[C@H](C(=O)CCC(N)=O)CSCC(=O)N[C@@H](Cc2ccccc2)C(=O)N1C. The number of amides is 11. The van der Waals surface area contributed by atoms with Crippen molar-refractivity contribution in [2.45, 2.75) is 173 Å². The van der Waals surface area contributed by atoms with Crippen molar-refractivity contribution in [1.82, 2.24) is 56.5 Å². The number of aromatic hydroxyl groups is 2. The number of carboxylic acids is 1. The number of rotatable bonds is 22. The van der Waals surface area contributed by atoms with Gasteiger partial charge < -0.3 is 77.5 Å². The first-order chi connectivity index (χ1) is 55.6. The number of H-pyrrole nitrogens is 1. The van der Waals surface area contributed by atoms with Crippen molar-refractivity contribution in [2.24, 2.45) is 29.4 Å². The number of primary amides is 1. The van der Waals surface area contributed by atoms with Gasteiger partial charge in [-0.2, -0.15) is 0 Å². The maximum Gasteiger partial charge on any atom is 0.304 e. The summed E-state index contributed by atoms with van der Waals surface area (Å²) in [6.07, 6.45) is -1.32. The molecule has 1 aromatic heterocycles. The van der Waals surface area contributed by atoms with Crippen LogP contribution in [0, 0.1) is 23.7 Å². The van der Waals surface area contributed by atoms with Gasteiger partial charge in [0.05, 0.1) is 31.3 Å². The fourth-order valence-corrected chi connectivity index (χ4v) is 14.9. The monoisotopic (exact) mass is 1630 g/mol. The number of nitrogens with one attached hydrogen (secondary N) is 7. The van der Waals surface area contributed by atoms with Crippen LogP contribution >= 0.6 is 11.8 Å². The van der Waals surface area contributed by atoms with E-state index in [1.54, 1.807) is 119 Å². The first-order valence-corrected chi connectivity index (χ1v) is 40.4. The van der Waals surface area contributed by atoms with E-state index in [2.05, 4.69) is 36.9 Å². The number of fused-ring (bicyclic) bond motifs is 1. The summed E-state index contributed by atoms with van der Waals surface area (Å²) < 4.78 is 0. The highest BCUT2D eigenvalue weighted by Crippen LogP contribution is 2.28. The van der Waals surface area contributed by atoms with Crippen LogP contribution in [0.2, 0.25) is 0 Å². The number of aliphatic carboxylic acids is 1. The number of benzene rings is 5. The molecule has 6 aromatic rings. The number of phenolic OH excluding ortho intramolecular Hbond substituents is 2. The van der Waals surface area contributed by atoms with E-state index >= 15 is 24.0 Å². The topological polar surface area (TPSA) is 444 Å². The van der Waals surface area contributed by atoms with E-state index in [-0.39, 0.29) is 68.1 Å². The van der Waals surface area contributed by atoms with E-state index in [4.69, 9.17) is 5.73 Å². The molecule has 1 aliphatic heterocycles. The average molecular weight is 1630 g/mol. The molecule has 1 saturated heterocycles. The Hall–Kier alpha value is -11.8. The maximum absolute atomic E-state index is 15.3. The summed E-state index contributed by atoms with van der Waals surface area (Å²) in [4.78, 5) is 225. The van der Waals surface area contributed by atoms with Gasteiger partial charge in [0.2, 0.25) is 65.0 Å². The van der Waals surface area contributed by atoms with E-state index in [0.29, 0.717) is 51.6 Å². The second-order valence-electron chi connectivity index (χ2n) is 30.8. The van der Waals surface area contributed by atoms with E-state index in [0.717, 1.165) is 26.5 Å². The number of unbranched alkanes of at least 4 members (excludes halogenated alkanes) is 1. The highest BCUT2D eigenvalue weighted by molar-refractivity contribution is 8.00. The summed E-state index contributed by atoms with van der Waals surface area (Å²) >= 11 is 0.883. The molecule has 2 heterocycles. The van der Waals surface area contributed by atoms with E-state index < -0.39 is 205 Å². The summed E-state index contributed by atoms with van der Waals surface area (Å²) in [6.45, 7) is 7.29. The lowest BCUT2D eigenvalue weighted by atomic mass is 9.83. The molecule has 30 nitrogen and oxygen atoms in total. The molecule has 0 bridgehead atoms. The summed E-state index contributed by atoms with van der Waals surface area (Å²) in [6, 6.07) is 24.4. The van der Waals surface area contributed by atoms with E-state index in [1.165, 1.54) is 81.6 Å². The largest absolute Gasteiger partial charge is 0.508 e. The number of carbonyl (C=O) groups is 15. The van der Waals surface area contributed by atoms with Crippen LogP contribution in [0.4, 0.5) is 0 Å². The number of aromatic nitrogens is 1. The summed E-state index contributed by atoms with van der Waals surface area (Å²) in [7, 11) is 5.32.